The first kappa shape index (κ1) is 27.6. The molecule has 0 radical (unpaired) electrons. The van der Waals surface area contributed by atoms with Crippen molar-refractivity contribution in [3.63, 3.8) is 0 Å². The maximum atomic E-state index is 14.2. The number of carbonyl (C=O) groups excluding carboxylic acids is 1. The van der Waals surface area contributed by atoms with Gasteiger partial charge in [0.1, 0.15) is 23.6 Å². The minimum atomic E-state index is -4.07. The number of benzene rings is 2. The number of imidazole rings is 1. The molecule has 0 spiro atoms. The van der Waals surface area contributed by atoms with E-state index in [2.05, 4.69) is 25.0 Å². The summed E-state index contributed by atoms with van der Waals surface area (Å²) in [6.07, 6.45) is 9.79. The van der Waals surface area contributed by atoms with Crippen LogP contribution in [0, 0.1) is 5.92 Å². The number of nitrogens with one attached hydrogen (secondary N) is 2. The van der Waals surface area contributed by atoms with Crippen molar-refractivity contribution in [2.75, 3.05) is 19.5 Å². The number of hydrogen-bond acceptors (Lipinski definition) is 9. The van der Waals surface area contributed by atoms with Gasteiger partial charge in [-0.1, -0.05) is 48.6 Å². The van der Waals surface area contributed by atoms with Crippen molar-refractivity contribution in [1.29, 1.82) is 0 Å². The zero-order chi connectivity index (χ0) is 29.1. The normalized spacial score (nSPS) is 18.7. The smallest absolute Gasteiger partial charge is 0.459 e. The Morgan fingerprint density at radius 1 is 1.14 bits per heavy atom. The number of fused-ring (bicyclic) bond motifs is 2. The number of allylic oxidation sites excluding steroid dienone is 1. The summed E-state index contributed by atoms with van der Waals surface area (Å²) in [5.74, 6) is -0.0225. The number of nitrogens with two attached hydrogens (primary N) is 1. The van der Waals surface area contributed by atoms with Gasteiger partial charge in [0, 0.05) is 29.4 Å². The van der Waals surface area contributed by atoms with Crippen LogP contribution >= 0.6 is 7.75 Å². The molecule has 216 valence electrons. The van der Waals surface area contributed by atoms with Crippen LogP contribution in [0.4, 0.5) is 5.82 Å². The summed E-state index contributed by atoms with van der Waals surface area (Å²) in [6.45, 7) is 0.0782. The number of methoxy groups -OCH3 is 1. The van der Waals surface area contributed by atoms with Gasteiger partial charge in [-0.2, -0.15) is 5.09 Å². The van der Waals surface area contributed by atoms with Gasteiger partial charge < -0.3 is 24.5 Å². The molecule has 3 heterocycles. The predicted molar refractivity (Wildman–Crippen MR) is 158 cm³/mol. The van der Waals surface area contributed by atoms with Crippen molar-refractivity contribution in [3.8, 4) is 5.75 Å². The van der Waals surface area contributed by atoms with Crippen LogP contribution in [0.15, 0.2) is 85.6 Å². The molecule has 0 fully saturated rings. The zero-order valence-electron chi connectivity index (χ0n) is 22.8. The number of H-pyrrole nitrogens is 1. The Balaban J connectivity index is 1.20. The largest absolute Gasteiger partial charge is 0.468 e. The number of hydrogen-bond donors (Lipinski definition) is 3. The fourth-order valence-electron chi connectivity index (χ4n) is 5.13. The number of ether oxygens (including phenoxy) is 1. The SMILES string of the molecule is COC(=O)[C@@H](Cc1c[nH]c2ccccc12)NP(=O)(OC[C@H]1C=C[C@@H](n2cnc3c(N)ncnc32)C1)Oc1ccccc1. The Hall–Kier alpha value is -4.51. The fraction of sp³-hybridized carbons (Fsp3) is 0.241. The molecule has 1 aliphatic rings. The van der Waals surface area contributed by atoms with Gasteiger partial charge in [-0.3, -0.25) is 9.32 Å². The number of nitrogen functional groups attached to an aromatic ring is 1. The fourth-order valence-corrected chi connectivity index (χ4v) is 6.68. The van der Waals surface area contributed by atoms with Gasteiger partial charge in [-0.15, -0.1) is 0 Å². The van der Waals surface area contributed by atoms with Crippen LogP contribution in [-0.4, -0.2) is 50.2 Å². The summed E-state index contributed by atoms with van der Waals surface area (Å²) in [5.41, 5.74) is 8.91. The van der Waals surface area contributed by atoms with E-state index in [0.717, 1.165) is 16.5 Å². The molecule has 4 N–H and O–H groups in total. The first-order valence-corrected chi connectivity index (χ1v) is 15.0. The van der Waals surface area contributed by atoms with Crippen molar-refractivity contribution in [2.45, 2.75) is 24.9 Å². The highest BCUT2D eigenvalue weighted by Gasteiger charge is 2.36. The van der Waals surface area contributed by atoms with Gasteiger partial charge in [0.2, 0.25) is 0 Å². The minimum absolute atomic E-state index is 0.0509. The molecule has 2 aromatic carbocycles. The average Bonchev–Trinajstić information content (AvgIpc) is 3.75. The van der Waals surface area contributed by atoms with Gasteiger partial charge in [-0.25, -0.2) is 19.5 Å². The summed E-state index contributed by atoms with van der Waals surface area (Å²) >= 11 is 0. The third-order valence-electron chi connectivity index (χ3n) is 7.22. The number of carbonyl (C=O) groups is 1. The molecule has 42 heavy (non-hydrogen) atoms. The molecule has 13 heteroatoms. The highest BCUT2D eigenvalue weighted by atomic mass is 31.2. The molecule has 5 aromatic rings. The Labute approximate surface area is 241 Å². The molecule has 0 aliphatic heterocycles. The second kappa shape index (κ2) is 11.8. The van der Waals surface area contributed by atoms with E-state index in [9.17, 15) is 9.36 Å². The number of anilines is 1. The van der Waals surface area contributed by atoms with Crippen molar-refractivity contribution in [3.05, 3.63) is 91.2 Å². The predicted octanol–water partition coefficient (Wildman–Crippen LogP) is 4.58. The van der Waals surface area contributed by atoms with E-state index in [1.54, 1.807) is 30.6 Å². The number of esters is 1. The summed E-state index contributed by atoms with van der Waals surface area (Å²) in [7, 11) is -2.78. The molecule has 0 bridgehead atoms. The minimum Gasteiger partial charge on any atom is -0.468 e. The molecular weight excluding hydrogens is 557 g/mol. The maximum Gasteiger partial charge on any atom is 0.459 e. The van der Waals surface area contributed by atoms with Crippen LogP contribution in [0.25, 0.3) is 22.1 Å². The lowest BCUT2D eigenvalue weighted by molar-refractivity contribution is -0.142. The lowest BCUT2D eigenvalue weighted by Gasteiger charge is -2.25. The maximum absolute atomic E-state index is 14.2. The second-order valence-corrected chi connectivity index (χ2v) is 11.7. The number of nitrogens with zero attached hydrogens (tertiary/aromatic N) is 4. The van der Waals surface area contributed by atoms with E-state index < -0.39 is 19.8 Å². The third-order valence-corrected chi connectivity index (χ3v) is 8.79. The monoisotopic (exact) mass is 587 g/mol. The summed E-state index contributed by atoms with van der Waals surface area (Å²) < 4.78 is 33.1. The van der Waals surface area contributed by atoms with Crippen LogP contribution in [-0.2, 0) is 25.0 Å². The highest BCUT2D eigenvalue weighted by molar-refractivity contribution is 7.52. The molecule has 1 aliphatic carbocycles. The van der Waals surface area contributed by atoms with Crippen molar-refractivity contribution >= 4 is 41.6 Å². The van der Waals surface area contributed by atoms with Gasteiger partial charge in [0.15, 0.2) is 11.5 Å². The van der Waals surface area contributed by atoms with Crippen LogP contribution in [0.3, 0.4) is 0 Å². The first-order chi connectivity index (χ1) is 20.4. The van der Waals surface area contributed by atoms with Crippen molar-refractivity contribution in [1.82, 2.24) is 29.6 Å². The van der Waals surface area contributed by atoms with Gasteiger partial charge in [0.05, 0.1) is 26.1 Å². The van der Waals surface area contributed by atoms with Crippen LogP contribution in [0.2, 0.25) is 0 Å². The second-order valence-electron chi connectivity index (χ2n) is 10.00. The molecule has 0 amide bonds. The topological polar surface area (TPSA) is 159 Å². The first-order valence-electron chi connectivity index (χ1n) is 13.4. The van der Waals surface area contributed by atoms with Crippen LogP contribution in [0.1, 0.15) is 18.0 Å². The third kappa shape index (κ3) is 5.78. The zero-order valence-corrected chi connectivity index (χ0v) is 23.7. The van der Waals surface area contributed by atoms with Crippen LogP contribution < -0.4 is 15.3 Å². The van der Waals surface area contributed by atoms with E-state index >= 15 is 0 Å². The molecule has 3 aromatic heterocycles. The number of para-hydroxylation sites is 2. The van der Waals surface area contributed by atoms with Crippen LogP contribution in [0.5, 0.6) is 5.75 Å². The number of aromatic nitrogens is 5. The molecular formula is C29H30N7O5P. The van der Waals surface area contributed by atoms with E-state index in [4.69, 9.17) is 19.5 Å². The molecule has 6 rings (SSSR count). The van der Waals surface area contributed by atoms with E-state index in [0.29, 0.717) is 29.2 Å². The molecule has 1 unspecified atom stereocenters. The molecule has 0 saturated carbocycles. The van der Waals surface area contributed by atoms with E-state index in [-0.39, 0.29) is 25.0 Å². The average molecular weight is 588 g/mol. The Bertz CT molecular complexity index is 1790. The van der Waals surface area contributed by atoms with Gasteiger partial charge in [-0.05, 0) is 30.2 Å². The summed E-state index contributed by atoms with van der Waals surface area (Å²) in [4.78, 5) is 28.8. The standard InChI is InChI=1S/C29H30N7O5P/c1-39-29(37)25(14-20-15-31-24-10-6-5-9-23(20)24)35-42(38,41-22-7-3-2-4-8-22)40-16-19-11-12-21(13-19)36-18-34-26-27(30)32-17-33-28(26)36/h2-12,15,17-19,21,25,31H,13-14,16H2,1H3,(H,35,38)(H2,30,32,33)/t19-,21+,25+,42?/m0/s1. The highest BCUT2D eigenvalue weighted by Crippen LogP contribution is 2.46. The lowest BCUT2D eigenvalue weighted by Crippen LogP contribution is -2.39. The molecule has 12 nitrogen and oxygen atoms in total. The lowest BCUT2D eigenvalue weighted by atomic mass is 10.1. The van der Waals surface area contributed by atoms with Crippen molar-refractivity contribution in [2.24, 2.45) is 5.92 Å². The molecule has 4 atom stereocenters. The van der Waals surface area contributed by atoms with Crippen molar-refractivity contribution < 1.29 is 23.1 Å². The quantitative estimate of drug-likeness (QED) is 0.113. The Morgan fingerprint density at radius 3 is 2.79 bits per heavy atom. The van der Waals surface area contributed by atoms with E-state index in [1.807, 2.05) is 53.2 Å². The molecule has 0 saturated heterocycles. The summed E-state index contributed by atoms with van der Waals surface area (Å²) in [6, 6.07) is 15.4. The van der Waals surface area contributed by atoms with Gasteiger partial charge >= 0.3 is 13.7 Å². The number of rotatable bonds is 11. The van der Waals surface area contributed by atoms with Gasteiger partial charge in [0.25, 0.3) is 0 Å². The Morgan fingerprint density at radius 2 is 1.95 bits per heavy atom. The van der Waals surface area contributed by atoms with E-state index in [1.165, 1.54) is 13.4 Å². The Kier molecular flexibility index (Phi) is 7.75. The summed E-state index contributed by atoms with van der Waals surface area (Å²) in [5, 5.41) is 3.83. The number of aromatic amines is 1.